The van der Waals surface area contributed by atoms with Crippen LogP contribution in [0.4, 0.5) is 0 Å². The Kier molecular flexibility index (Phi) is 4.54. The van der Waals surface area contributed by atoms with E-state index in [-0.39, 0.29) is 5.60 Å². The van der Waals surface area contributed by atoms with Crippen molar-refractivity contribution in [2.45, 2.75) is 38.2 Å². The van der Waals surface area contributed by atoms with Gasteiger partial charge in [-0.05, 0) is 56.0 Å². The Balaban J connectivity index is 2.31. The first kappa shape index (κ1) is 14.4. The van der Waals surface area contributed by atoms with Crippen molar-refractivity contribution in [1.29, 1.82) is 0 Å². The fourth-order valence-corrected chi connectivity index (χ4v) is 2.59. The van der Waals surface area contributed by atoms with Gasteiger partial charge in [-0.25, -0.2) is 0 Å². The third kappa shape index (κ3) is 3.52. The maximum atomic E-state index is 6.00. The molecule has 0 spiro atoms. The first-order chi connectivity index (χ1) is 9.05. The number of halogens is 1. The van der Waals surface area contributed by atoms with Gasteiger partial charge < -0.3 is 9.47 Å². The molecule has 1 aromatic rings. The number of ether oxygens (including phenoxy) is 2. The number of allylic oxidation sites excluding steroid dienone is 1. The minimum absolute atomic E-state index is 0.252. The van der Waals surface area contributed by atoms with Crippen molar-refractivity contribution < 1.29 is 9.47 Å². The predicted octanol–water partition coefficient (Wildman–Crippen LogP) is 4.41. The van der Waals surface area contributed by atoms with Crippen molar-refractivity contribution in [1.82, 2.24) is 0 Å². The van der Waals surface area contributed by atoms with Gasteiger partial charge in [0.1, 0.15) is 11.4 Å². The minimum atomic E-state index is -0.252. The van der Waals surface area contributed by atoms with Crippen LogP contribution in [0.1, 0.15) is 37.8 Å². The number of fused-ring (bicyclic) bond motifs is 1. The zero-order valence-corrected chi connectivity index (χ0v) is 12.6. The van der Waals surface area contributed by atoms with E-state index in [9.17, 15) is 0 Å². The molecule has 2 rings (SSSR count). The highest BCUT2D eigenvalue weighted by atomic mass is 35.5. The van der Waals surface area contributed by atoms with Crippen molar-refractivity contribution >= 4 is 17.2 Å². The summed E-state index contributed by atoms with van der Waals surface area (Å²) < 4.78 is 11.1. The van der Waals surface area contributed by atoms with Crippen LogP contribution in [0, 0.1) is 0 Å². The Bertz CT molecular complexity index is 478. The second kappa shape index (κ2) is 5.98. The molecule has 19 heavy (non-hydrogen) atoms. The molecule has 104 valence electrons. The summed E-state index contributed by atoms with van der Waals surface area (Å²) in [5, 5.41) is 0. The zero-order valence-electron chi connectivity index (χ0n) is 11.8. The summed E-state index contributed by atoms with van der Waals surface area (Å²) in [5.41, 5.74) is 3.38. The van der Waals surface area contributed by atoms with Gasteiger partial charge in [0, 0.05) is 25.2 Å². The highest BCUT2D eigenvalue weighted by Gasteiger charge is 2.26. The quantitative estimate of drug-likeness (QED) is 0.588. The van der Waals surface area contributed by atoms with Crippen LogP contribution >= 0.6 is 11.6 Å². The Labute approximate surface area is 120 Å². The summed E-state index contributed by atoms with van der Waals surface area (Å²) in [6.45, 7) is 4.95. The lowest BCUT2D eigenvalue weighted by molar-refractivity contribution is 0.157. The molecule has 2 nitrogen and oxygen atoms in total. The lowest BCUT2D eigenvalue weighted by Gasteiger charge is -2.31. The fourth-order valence-electron chi connectivity index (χ4n) is 2.42. The van der Waals surface area contributed by atoms with E-state index in [1.54, 1.807) is 7.11 Å². The second-order valence-corrected chi connectivity index (χ2v) is 5.70. The molecule has 0 radical (unpaired) electrons. The standard InChI is InChI=1S/C16H21ClO2/c1-16(2)10-13(5-4-8-18-3)14-9-12(11-17)6-7-15(14)19-16/h6-7,9-10H,4-5,8,11H2,1-3H3. The van der Waals surface area contributed by atoms with E-state index in [2.05, 4.69) is 26.0 Å². The largest absolute Gasteiger partial charge is 0.483 e. The second-order valence-electron chi connectivity index (χ2n) is 5.44. The Hall–Kier alpha value is -0.990. The molecular weight excluding hydrogens is 260 g/mol. The van der Waals surface area contributed by atoms with Crippen LogP contribution in [0.25, 0.3) is 5.57 Å². The molecule has 0 aromatic heterocycles. The Morgan fingerprint density at radius 2 is 2.11 bits per heavy atom. The lowest BCUT2D eigenvalue weighted by Crippen LogP contribution is -2.29. The van der Waals surface area contributed by atoms with E-state index < -0.39 is 0 Å². The van der Waals surface area contributed by atoms with Gasteiger partial charge in [0.05, 0.1) is 0 Å². The molecule has 0 amide bonds. The van der Waals surface area contributed by atoms with Crippen LogP contribution in [-0.4, -0.2) is 19.3 Å². The molecule has 1 aliphatic heterocycles. The van der Waals surface area contributed by atoms with Crippen LogP contribution in [-0.2, 0) is 10.6 Å². The fraction of sp³-hybridized carbons (Fsp3) is 0.500. The molecular formula is C16H21ClO2. The third-order valence-electron chi connectivity index (χ3n) is 3.23. The van der Waals surface area contributed by atoms with Crippen LogP contribution in [0.2, 0.25) is 0 Å². The number of benzene rings is 1. The van der Waals surface area contributed by atoms with Crippen LogP contribution in [0.3, 0.4) is 0 Å². The lowest BCUT2D eigenvalue weighted by atomic mass is 9.91. The molecule has 3 heteroatoms. The van der Waals surface area contributed by atoms with Gasteiger partial charge in [0.25, 0.3) is 0 Å². The van der Waals surface area contributed by atoms with E-state index in [1.807, 2.05) is 12.1 Å². The molecule has 1 aliphatic rings. The van der Waals surface area contributed by atoms with Crippen molar-refractivity contribution in [2.75, 3.05) is 13.7 Å². The molecule has 0 N–H and O–H groups in total. The Morgan fingerprint density at radius 1 is 1.32 bits per heavy atom. The van der Waals surface area contributed by atoms with Crippen LogP contribution in [0.15, 0.2) is 24.3 Å². The van der Waals surface area contributed by atoms with Crippen LogP contribution < -0.4 is 4.74 Å². The average molecular weight is 281 g/mol. The molecule has 1 heterocycles. The predicted molar refractivity (Wildman–Crippen MR) is 79.8 cm³/mol. The normalized spacial score (nSPS) is 16.5. The number of methoxy groups -OCH3 is 1. The van der Waals surface area contributed by atoms with E-state index in [0.717, 1.165) is 30.8 Å². The molecule has 0 unspecified atom stereocenters. The van der Waals surface area contributed by atoms with Gasteiger partial charge in [-0.3, -0.25) is 0 Å². The van der Waals surface area contributed by atoms with Gasteiger partial charge in [-0.15, -0.1) is 11.6 Å². The van der Waals surface area contributed by atoms with Gasteiger partial charge in [-0.1, -0.05) is 6.07 Å². The molecule has 0 fully saturated rings. The molecule has 0 saturated heterocycles. The third-order valence-corrected chi connectivity index (χ3v) is 3.54. The van der Waals surface area contributed by atoms with E-state index in [4.69, 9.17) is 21.1 Å². The Morgan fingerprint density at radius 3 is 2.79 bits per heavy atom. The molecule has 1 aromatic carbocycles. The summed E-state index contributed by atoms with van der Waals surface area (Å²) >= 11 is 5.92. The first-order valence-electron chi connectivity index (χ1n) is 6.64. The SMILES string of the molecule is COCCCC1=CC(C)(C)Oc2ccc(CCl)cc21. The molecule has 0 aliphatic carbocycles. The molecule has 0 bridgehead atoms. The van der Waals surface area contributed by atoms with Crippen LogP contribution in [0.5, 0.6) is 5.75 Å². The van der Waals surface area contributed by atoms with E-state index in [0.29, 0.717) is 5.88 Å². The van der Waals surface area contributed by atoms with Crippen molar-refractivity contribution in [3.63, 3.8) is 0 Å². The monoisotopic (exact) mass is 280 g/mol. The van der Waals surface area contributed by atoms with Gasteiger partial charge in [0.15, 0.2) is 0 Å². The summed E-state index contributed by atoms with van der Waals surface area (Å²) in [6, 6.07) is 6.19. The van der Waals surface area contributed by atoms with E-state index >= 15 is 0 Å². The summed E-state index contributed by atoms with van der Waals surface area (Å²) in [4.78, 5) is 0. The summed E-state index contributed by atoms with van der Waals surface area (Å²) in [7, 11) is 1.74. The van der Waals surface area contributed by atoms with Gasteiger partial charge in [-0.2, -0.15) is 0 Å². The van der Waals surface area contributed by atoms with E-state index in [1.165, 1.54) is 11.1 Å². The van der Waals surface area contributed by atoms with Crippen molar-refractivity contribution in [2.24, 2.45) is 0 Å². The molecule has 0 saturated carbocycles. The zero-order chi connectivity index (χ0) is 13.9. The number of hydrogen-bond acceptors (Lipinski definition) is 2. The van der Waals surface area contributed by atoms with Gasteiger partial charge >= 0.3 is 0 Å². The number of alkyl halides is 1. The maximum Gasteiger partial charge on any atom is 0.128 e. The number of rotatable bonds is 5. The maximum absolute atomic E-state index is 6.00. The summed E-state index contributed by atoms with van der Waals surface area (Å²) in [5.74, 6) is 1.48. The minimum Gasteiger partial charge on any atom is -0.483 e. The van der Waals surface area contributed by atoms with Gasteiger partial charge in [0.2, 0.25) is 0 Å². The van der Waals surface area contributed by atoms with Crippen molar-refractivity contribution in [3.05, 3.63) is 35.4 Å². The van der Waals surface area contributed by atoms with Crippen molar-refractivity contribution in [3.8, 4) is 5.75 Å². The highest BCUT2D eigenvalue weighted by molar-refractivity contribution is 6.17. The molecule has 0 atom stereocenters. The number of hydrogen-bond donors (Lipinski definition) is 0. The highest BCUT2D eigenvalue weighted by Crippen LogP contribution is 2.38. The first-order valence-corrected chi connectivity index (χ1v) is 7.18. The summed E-state index contributed by atoms with van der Waals surface area (Å²) in [6.07, 6.45) is 4.23. The average Bonchev–Trinajstić information content (AvgIpc) is 2.37. The smallest absolute Gasteiger partial charge is 0.128 e. The topological polar surface area (TPSA) is 18.5 Å².